The monoisotopic (exact) mass is 310 g/mol. The van der Waals surface area contributed by atoms with E-state index in [1.807, 2.05) is 0 Å². The minimum Gasteiger partial charge on any atom is -0.481 e. The Morgan fingerprint density at radius 3 is 2.38 bits per heavy atom. The van der Waals surface area contributed by atoms with Crippen LogP contribution in [0.2, 0.25) is 0 Å². The normalized spacial score (nSPS) is 28.3. The average Bonchev–Trinajstić information content (AvgIpc) is 2.79. The van der Waals surface area contributed by atoms with Crippen molar-refractivity contribution in [2.24, 2.45) is 5.41 Å². The fourth-order valence-corrected chi connectivity index (χ4v) is 2.46. The number of rotatable bonds is 4. The number of nitrogens with one attached hydrogen (secondary N) is 1. The van der Waals surface area contributed by atoms with Crippen LogP contribution in [-0.4, -0.2) is 66.4 Å². The van der Waals surface area contributed by atoms with Gasteiger partial charge in [-0.05, 0) is 13.3 Å². The van der Waals surface area contributed by atoms with Gasteiger partial charge in [0.15, 0.2) is 5.41 Å². The topological polar surface area (TPSA) is 78.9 Å². The van der Waals surface area contributed by atoms with Gasteiger partial charge in [-0.1, -0.05) is 0 Å². The number of nitrogens with zero attached hydrogens (tertiary/aromatic N) is 1. The summed E-state index contributed by atoms with van der Waals surface area (Å²) in [6.07, 6.45) is -5.52. The largest absolute Gasteiger partial charge is 0.481 e. The van der Waals surface area contributed by atoms with Gasteiger partial charge in [-0.25, -0.2) is 0 Å². The van der Waals surface area contributed by atoms with E-state index in [1.165, 1.54) is 0 Å². The lowest BCUT2D eigenvalue weighted by Gasteiger charge is -2.39. The molecule has 0 spiro atoms. The molecule has 2 aliphatic heterocycles. The third-order valence-electron chi connectivity index (χ3n) is 4.12. The van der Waals surface area contributed by atoms with Crippen LogP contribution in [0.1, 0.15) is 13.3 Å². The third-order valence-corrected chi connectivity index (χ3v) is 4.12. The van der Waals surface area contributed by atoms with Gasteiger partial charge >= 0.3 is 12.1 Å². The number of alkyl halides is 3. The molecule has 6 nitrogen and oxygen atoms in total. The second kappa shape index (κ2) is 5.13. The van der Waals surface area contributed by atoms with E-state index >= 15 is 0 Å². The van der Waals surface area contributed by atoms with Gasteiger partial charge < -0.3 is 20.1 Å². The molecule has 2 N–H and O–H groups in total. The van der Waals surface area contributed by atoms with Gasteiger partial charge in [-0.3, -0.25) is 9.59 Å². The van der Waals surface area contributed by atoms with E-state index in [-0.39, 0.29) is 13.2 Å². The number of halogens is 3. The SMILES string of the molecule is CC1(OCC(=O)N2CCC(C(=O)O)(C(F)(F)F)C2)CNC1. The van der Waals surface area contributed by atoms with Crippen LogP contribution in [0.25, 0.3) is 0 Å². The molecule has 1 unspecified atom stereocenters. The molecular weight excluding hydrogens is 293 g/mol. The number of carboxylic acids is 1. The predicted molar refractivity (Wildman–Crippen MR) is 64.5 cm³/mol. The highest BCUT2D eigenvalue weighted by Crippen LogP contribution is 2.45. The van der Waals surface area contributed by atoms with E-state index in [2.05, 4.69) is 5.32 Å². The lowest BCUT2D eigenvalue weighted by atomic mass is 9.86. The maximum Gasteiger partial charge on any atom is 0.406 e. The lowest BCUT2D eigenvalue weighted by molar-refractivity contribution is -0.227. The van der Waals surface area contributed by atoms with Crippen molar-refractivity contribution in [3.63, 3.8) is 0 Å². The summed E-state index contributed by atoms with van der Waals surface area (Å²) in [5.41, 5.74) is -3.35. The molecular formula is C12H17F3N2O4. The molecule has 0 aromatic rings. The molecule has 1 atom stereocenters. The molecule has 2 fully saturated rings. The second-order valence-corrected chi connectivity index (χ2v) is 5.79. The number of ether oxygens (including phenoxy) is 1. The van der Waals surface area contributed by atoms with E-state index in [4.69, 9.17) is 9.84 Å². The Morgan fingerprint density at radius 1 is 1.38 bits per heavy atom. The number of carbonyl (C=O) groups excluding carboxylic acids is 1. The van der Waals surface area contributed by atoms with Gasteiger partial charge in [0.2, 0.25) is 5.91 Å². The summed E-state index contributed by atoms with van der Waals surface area (Å²) >= 11 is 0. The molecule has 9 heteroatoms. The number of carbonyl (C=O) groups is 2. The molecule has 0 bridgehead atoms. The first kappa shape index (κ1) is 16.0. The van der Waals surface area contributed by atoms with Crippen molar-refractivity contribution in [3.05, 3.63) is 0 Å². The molecule has 120 valence electrons. The van der Waals surface area contributed by atoms with Crippen LogP contribution < -0.4 is 5.32 Å². The molecule has 0 saturated carbocycles. The van der Waals surface area contributed by atoms with Crippen molar-refractivity contribution < 1.29 is 32.6 Å². The van der Waals surface area contributed by atoms with Gasteiger partial charge in [0.25, 0.3) is 0 Å². The number of amides is 1. The summed E-state index contributed by atoms with van der Waals surface area (Å²) < 4.78 is 44.3. The summed E-state index contributed by atoms with van der Waals surface area (Å²) in [5.74, 6) is -2.56. The van der Waals surface area contributed by atoms with Crippen LogP contribution in [0.3, 0.4) is 0 Å². The van der Waals surface area contributed by atoms with Crippen molar-refractivity contribution in [2.75, 3.05) is 32.8 Å². The summed E-state index contributed by atoms with van der Waals surface area (Å²) in [6, 6.07) is 0. The number of likely N-dealkylation sites (tertiary alicyclic amines) is 1. The third kappa shape index (κ3) is 2.84. The predicted octanol–water partition coefficient (Wildman–Crippen LogP) is 0.230. The first-order valence-electron chi connectivity index (χ1n) is 6.52. The zero-order valence-electron chi connectivity index (χ0n) is 11.5. The molecule has 2 heterocycles. The van der Waals surface area contributed by atoms with Crippen LogP contribution in [-0.2, 0) is 14.3 Å². The number of hydrogen-bond acceptors (Lipinski definition) is 4. The summed E-state index contributed by atoms with van der Waals surface area (Å²) in [4.78, 5) is 23.8. The van der Waals surface area contributed by atoms with Crippen LogP contribution in [0, 0.1) is 5.41 Å². The molecule has 2 rings (SSSR count). The summed E-state index contributed by atoms with van der Waals surface area (Å²) in [5, 5.41) is 11.9. The Kier molecular flexibility index (Phi) is 3.92. The molecule has 0 aromatic carbocycles. The van der Waals surface area contributed by atoms with Gasteiger partial charge in [0, 0.05) is 26.2 Å². The quantitative estimate of drug-likeness (QED) is 0.777. The first-order valence-corrected chi connectivity index (χ1v) is 6.52. The van der Waals surface area contributed by atoms with Gasteiger partial charge in [-0.15, -0.1) is 0 Å². The van der Waals surface area contributed by atoms with Gasteiger partial charge in [-0.2, -0.15) is 13.2 Å². The van der Waals surface area contributed by atoms with Crippen LogP contribution in [0.5, 0.6) is 0 Å². The fourth-order valence-electron chi connectivity index (χ4n) is 2.46. The van der Waals surface area contributed by atoms with Gasteiger partial charge in [0.1, 0.15) is 6.61 Å². The first-order chi connectivity index (χ1) is 9.60. The van der Waals surface area contributed by atoms with Crippen molar-refractivity contribution >= 4 is 11.9 Å². The molecule has 2 saturated heterocycles. The lowest BCUT2D eigenvalue weighted by Crippen LogP contribution is -2.59. The zero-order valence-corrected chi connectivity index (χ0v) is 11.5. The van der Waals surface area contributed by atoms with Crippen LogP contribution in [0.4, 0.5) is 13.2 Å². The molecule has 0 aliphatic carbocycles. The Balaban J connectivity index is 1.97. The highest BCUT2D eigenvalue weighted by Gasteiger charge is 2.64. The number of hydrogen-bond donors (Lipinski definition) is 2. The molecule has 0 aromatic heterocycles. The standard InChI is InChI=1S/C12H17F3N2O4/c1-10(5-16-6-10)21-4-8(18)17-3-2-11(7-17,9(19)20)12(13,14)15/h16H,2-7H2,1H3,(H,19,20). The number of carboxylic acid groups (broad SMARTS) is 1. The molecule has 21 heavy (non-hydrogen) atoms. The van der Waals surface area contributed by atoms with E-state index in [1.54, 1.807) is 6.92 Å². The highest BCUT2D eigenvalue weighted by atomic mass is 19.4. The van der Waals surface area contributed by atoms with Crippen LogP contribution >= 0.6 is 0 Å². The van der Waals surface area contributed by atoms with Gasteiger partial charge in [0.05, 0.1) is 5.60 Å². The molecule has 1 amide bonds. The molecule has 0 radical (unpaired) electrons. The minimum absolute atomic E-state index is 0.233. The Hall–Kier alpha value is -1.35. The Morgan fingerprint density at radius 2 is 2.00 bits per heavy atom. The van der Waals surface area contributed by atoms with Crippen LogP contribution in [0.15, 0.2) is 0 Å². The summed E-state index contributed by atoms with van der Waals surface area (Å²) in [6.45, 7) is 1.50. The van der Waals surface area contributed by atoms with E-state index in [0.29, 0.717) is 13.1 Å². The van der Waals surface area contributed by atoms with Crippen molar-refractivity contribution in [1.29, 1.82) is 0 Å². The zero-order chi connectivity index (χ0) is 15.9. The number of aliphatic carboxylic acids is 1. The van der Waals surface area contributed by atoms with Crippen molar-refractivity contribution in [2.45, 2.75) is 25.1 Å². The smallest absolute Gasteiger partial charge is 0.406 e. The Labute approximate surface area is 119 Å². The highest BCUT2D eigenvalue weighted by molar-refractivity contribution is 5.82. The maximum atomic E-state index is 13.0. The van der Waals surface area contributed by atoms with E-state index in [9.17, 15) is 22.8 Å². The summed E-state index contributed by atoms with van der Waals surface area (Å²) in [7, 11) is 0. The van der Waals surface area contributed by atoms with E-state index in [0.717, 1.165) is 4.90 Å². The fraction of sp³-hybridized carbons (Fsp3) is 0.833. The maximum absolute atomic E-state index is 13.0. The minimum atomic E-state index is -4.89. The second-order valence-electron chi connectivity index (χ2n) is 5.79. The van der Waals surface area contributed by atoms with Crippen molar-refractivity contribution in [3.8, 4) is 0 Å². The molecule has 2 aliphatic rings. The Bertz CT molecular complexity index is 450. The average molecular weight is 310 g/mol. The van der Waals surface area contributed by atoms with Crippen molar-refractivity contribution in [1.82, 2.24) is 10.2 Å². The van der Waals surface area contributed by atoms with E-state index < -0.39 is 42.0 Å².